The fraction of sp³-hybridized carbons (Fsp3) is 0.933. The molecule has 0 aromatic rings. The van der Waals surface area contributed by atoms with Crippen molar-refractivity contribution in [3.63, 3.8) is 0 Å². The lowest BCUT2D eigenvalue weighted by atomic mass is 10.2. The van der Waals surface area contributed by atoms with E-state index in [-0.39, 0.29) is 24.0 Å². The van der Waals surface area contributed by atoms with Crippen molar-refractivity contribution in [2.75, 3.05) is 32.7 Å². The van der Waals surface area contributed by atoms with Crippen molar-refractivity contribution in [3.05, 3.63) is 0 Å². The Morgan fingerprint density at radius 2 is 1.55 bits per heavy atom. The molecule has 0 aromatic heterocycles. The van der Waals surface area contributed by atoms with Gasteiger partial charge < -0.3 is 10.6 Å². The second-order valence-corrected chi connectivity index (χ2v) is 5.91. The molecule has 2 fully saturated rings. The first-order valence-corrected chi connectivity index (χ1v) is 8.10. The summed E-state index contributed by atoms with van der Waals surface area (Å²) < 4.78 is 0. The highest BCUT2D eigenvalue weighted by atomic mass is 127. The summed E-state index contributed by atoms with van der Waals surface area (Å²) >= 11 is 0. The van der Waals surface area contributed by atoms with Crippen LogP contribution in [0.5, 0.6) is 0 Å². The first kappa shape index (κ1) is 18.0. The molecule has 1 unspecified atom stereocenters. The molecule has 0 aliphatic carbocycles. The topological polar surface area (TPSA) is 44.9 Å². The Labute approximate surface area is 141 Å². The highest BCUT2D eigenvalue weighted by molar-refractivity contribution is 14.0. The van der Waals surface area contributed by atoms with Crippen LogP contribution in [-0.4, -0.2) is 54.5 Å². The van der Waals surface area contributed by atoms with Crippen molar-refractivity contribution in [1.29, 1.82) is 0 Å². The molecule has 0 amide bonds. The quantitative estimate of drug-likeness (QED) is 0.453. The van der Waals surface area contributed by atoms with E-state index >= 15 is 0 Å². The first-order valence-electron chi connectivity index (χ1n) is 8.10. The van der Waals surface area contributed by atoms with Gasteiger partial charge >= 0.3 is 0 Å². The van der Waals surface area contributed by atoms with E-state index in [0.717, 1.165) is 25.6 Å². The van der Waals surface area contributed by atoms with Gasteiger partial charge in [0.05, 0.1) is 6.54 Å². The molecule has 2 aliphatic heterocycles. The fourth-order valence-corrected chi connectivity index (χ4v) is 3.21. The van der Waals surface area contributed by atoms with E-state index in [1.807, 2.05) is 0 Å². The molecule has 4 nitrogen and oxygen atoms in total. The summed E-state index contributed by atoms with van der Waals surface area (Å²) in [6.07, 6.45) is 9.09. The molecule has 2 aliphatic rings. The van der Waals surface area contributed by atoms with Crippen LogP contribution in [-0.2, 0) is 0 Å². The minimum Gasteiger partial charge on any atom is -0.370 e. The first-order chi connectivity index (χ1) is 9.31. The summed E-state index contributed by atoms with van der Waals surface area (Å²) in [4.78, 5) is 9.55. The van der Waals surface area contributed by atoms with Gasteiger partial charge in [-0.2, -0.15) is 0 Å². The Kier molecular flexibility index (Phi) is 8.84. The van der Waals surface area contributed by atoms with E-state index in [0.29, 0.717) is 6.04 Å². The Morgan fingerprint density at radius 3 is 2.10 bits per heavy atom. The van der Waals surface area contributed by atoms with Gasteiger partial charge in [-0.05, 0) is 45.2 Å². The Bertz CT molecular complexity index is 282. The van der Waals surface area contributed by atoms with Gasteiger partial charge in [-0.3, -0.25) is 9.89 Å². The molecular weight excluding hydrogens is 363 g/mol. The van der Waals surface area contributed by atoms with Crippen LogP contribution >= 0.6 is 24.0 Å². The molecule has 20 heavy (non-hydrogen) atoms. The van der Waals surface area contributed by atoms with Crippen LogP contribution in [0.25, 0.3) is 0 Å². The summed E-state index contributed by atoms with van der Waals surface area (Å²) in [5.41, 5.74) is 6.18. The lowest BCUT2D eigenvalue weighted by molar-refractivity contribution is 0.241. The van der Waals surface area contributed by atoms with Crippen LogP contribution in [0.2, 0.25) is 0 Å². The van der Waals surface area contributed by atoms with Gasteiger partial charge in [-0.25, -0.2) is 0 Å². The lowest BCUT2D eigenvalue weighted by Crippen LogP contribution is -2.40. The standard InChI is InChI=1S/C15H30N4.HI/c1-2-14(18-9-7-8-10-18)13-17-15(16)19-11-5-3-4-6-12-19;/h14H,2-13H2,1H3,(H2,16,17);1H. The number of aliphatic imine (C=N–C) groups is 1. The molecule has 0 spiro atoms. The number of nitrogens with zero attached hydrogens (tertiary/aromatic N) is 3. The maximum absolute atomic E-state index is 6.18. The molecule has 0 bridgehead atoms. The lowest BCUT2D eigenvalue weighted by Gasteiger charge is -2.26. The average molecular weight is 394 g/mol. The van der Waals surface area contributed by atoms with Gasteiger partial charge in [0, 0.05) is 19.1 Å². The zero-order valence-electron chi connectivity index (χ0n) is 12.9. The number of likely N-dealkylation sites (tertiary alicyclic amines) is 2. The van der Waals surface area contributed by atoms with Crippen LogP contribution in [0.4, 0.5) is 0 Å². The van der Waals surface area contributed by atoms with E-state index in [9.17, 15) is 0 Å². The van der Waals surface area contributed by atoms with Crippen molar-refractivity contribution < 1.29 is 0 Å². The molecule has 2 heterocycles. The van der Waals surface area contributed by atoms with E-state index in [1.54, 1.807) is 0 Å². The van der Waals surface area contributed by atoms with Crippen LogP contribution in [0.15, 0.2) is 4.99 Å². The SMILES string of the molecule is CCC(CN=C(N)N1CCCCCC1)N1CCCC1.I. The highest BCUT2D eigenvalue weighted by Gasteiger charge is 2.20. The summed E-state index contributed by atoms with van der Waals surface area (Å²) in [7, 11) is 0. The molecular formula is C15H31IN4. The zero-order valence-corrected chi connectivity index (χ0v) is 15.2. The maximum atomic E-state index is 6.18. The fourth-order valence-electron chi connectivity index (χ4n) is 3.21. The number of rotatable bonds is 4. The van der Waals surface area contributed by atoms with Crippen LogP contribution in [0.1, 0.15) is 51.9 Å². The largest absolute Gasteiger partial charge is 0.370 e. The maximum Gasteiger partial charge on any atom is 0.191 e. The van der Waals surface area contributed by atoms with Crippen molar-refractivity contribution in [2.24, 2.45) is 10.7 Å². The predicted molar refractivity (Wildman–Crippen MR) is 96.8 cm³/mol. The van der Waals surface area contributed by atoms with E-state index in [4.69, 9.17) is 5.73 Å². The minimum atomic E-state index is 0. The van der Waals surface area contributed by atoms with Crippen LogP contribution in [0.3, 0.4) is 0 Å². The predicted octanol–water partition coefficient (Wildman–Crippen LogP) is 2.67. The van der Waals surface area contributed by atoms with Crippen LogP contribution < -0.4 is 5.73 Å². The number of nitrogens with two attached hydrogens (primary N) is 1. The summed E-state index contributed by atoms with van der Waals surface area (Å²) in [6.45, 7) is 7.82. The zero-order chi connectivity index (χ0) is 13.5. The molecule has 0 aromatic carbocycles. The summed E-state index contributed by atoms with van der Waals surface area (Å²) in [5.74, 6) is 0.777. The normalized spacial score (nSPS) is 23.2. The number of halogens is 1. The van der Waals surface area contributed by atoms with E-state index in [2.05, 4.69) is 21.7 Å². The van der Waals surface area contributed by atoms with Crippen molar-refractivity contribution >= 4 is 29.9 Å². The molecule has 1 atom stereocenters. The number of hydrogen-bond donors (Lipinski definition) is 1. The van der Waals surface area contributed by atoms with E-state index < -0.39 is 0 Å². The van der Waals surface area contributed by atoms with Gasteiger partial charge in [0.2, 0.25) is 0 Å². The van der Waals surface area contributed by atoms with Gasteiger partial charge in [0.25, 0.3) is 0 Å². The van der Waals surface area contributed by atoms with Crippen molar-refractivity contribution in [2.45, 2.75) is 57.9 Å². The second kappa shape index (κ2) is 9.82. The Morgan fingerprint density at radius 1 is 1.00 bits per heavy atom. The highest BCUT2D eigenvalue weighted by Crippen LogP contribution is 2.14. The third-order valence-electron chi connectivity index (χ3n) is 4.52. The second-order valence-electron chi connectivity index (χ2n) is 5.91. The third-order valence-corrected chi connectivity index (χ3v) is 4.52. The third kappa shape index (κ3) is 5.39. The monoisotopic (exact) mass is 394 g/mol. The van der Waals surface area contributed by atoms with Crippen molar-refractivity contribution in [1.82, 2.24) is 9.80 Å². The van der Waals surface area contributed by atoms with Gasteiger partial charge in [0.15, 0.2) is 5.96 Å². The average Bonchev–Trinajstić information content (AvgIpc) is 2.81. The summed E-state index contributed by atoms with van der Waals surface area (Å²) in [5, 5.41) is 0. The van der Waals surface area contributed by atoms with Gasteiger partial charge in [-0.1, -0.05) is 19.8 Å². The Hall–Kier alpha value is -0.0400. The molecule has 2 saturated heterocycles. The molecule has 2 rings (SSSR count). The van der Waals surface area contributed by atoms with Gasteiger partial charge in [0.1, 0.15) is 0 Å². The van der Waals surface area contributed by atoms with Crippen molar-refractivity contribution in [3.8, 4) is 0 Å². The smallest absolute Gasteiger partial charge is 0.191 e. The molecule has 5 heteroatoms. The minimum absolute atomic E-state index is 0. The van der Waals surface area contributed by atoms with E-state index in [1.165, 1.54) is 58.0 Å². The van der Waals surface area contributed by atoms with Gasteiger partial charge in [-0.15, -0.1) is 24.0 Å². The molecule has 118 valence electrons. The molecule has 2 N–H and O–H groups in total. The molecule has 0 radical (unpaired) electrons. The Balaban J connectivity index is 0.00000200. The summed E-state index contributed by atoms with van der Waals surface area (Å²) in [6, 6.07) is 0.591. The number of guanidine groups is 1. The number of hydrogen-bond acceptors (Lipinski definition) is 2. The van der Waals surface area contributed by atoms with Crippen LogP contribution in [0, 0.1) is 0 Å². The molecule has 0 saturated carbocycles.